The van der Waals surface area contributed by atoms with Crippen LogP contribution in [0.4, 0.5) is 26.3 Å². The fourth-order valence-electron chi connectivity index (χ4n) is 4.20. The molecule has 1 N–H and O–H groups in total. The number of hydrogen-bond donors (Lipinski definition) is 1. The van der Waals surface area contributed by atoms with Crippen molar-refractivity contribution in [3.8, 4) is 16.3 Å². The Morgan fingerprint density at radius 2 is 1.54 bits per heavy atom. The first-order valence-electron chi connectivity index (χ1n) is 11.4. The van der Waals surface area contributed by atoms with E-state index in [0.29, 0.717) is 17.8 Å². The van der Waals surface area contributed by atoms with Crippen molar-refractivity contribution >= 4 is 22.2 Å². The Morgan fingerprint density at radius 1 is 0.872 bits per heavy atom. The SMILES string of the molecule is O=c1c2cc(-c3cccs3)ncc2nc(Cc2ccccc2)n1-c1ccc(C(O)(C(F)(F)F)C(F)(F)F)cc1. The third-order valence-corrected chi connectivity index (χ3v) is 7.06. The molecule has 0 bridgehead atoms. The summed E-state index contributed by atoms with van der Waals surface area (Å²) in [5.74, 6) is 0.194. The second-order valence-corrected chi connectivity index (χ2v) is 9.60. The molecular formula is C27H17F6N3O2S. The molecule has 0 radical (unpaired) electrons. The van der Waals surface area contributed by atoms with Gasteiger partial charge >= 0.3 is 12.4 Å². The molecule has 12 heteroatoms. The van der Waals surface area contributed by atoms with Crippen molar-refractivity contribution in [2.75, 3.05) is 0 Å². The van der Waals surface area contributed by atoms with Crippen LogP contribution in [0.25, 0.3) is 27.2 Å². The Morgan fingerprint density at radius 3 is 2.13 bits per heavy atom. The highest BCUT2D eigenvalue weighted by Gasteiger charge is 2.71. The molecule has 0 aliphatic carbocycles. The first-order valence-corrected chi connectivity index (χ1v) is 12.2. The van der Waals surface area contributed by atoms with Crippen molar-refractivity contribution in [1.29, 1.82) is 0 Å². The van der Waals surface area contributed by atoms with E-state index in [0.717, 1.165) is 27.1 Å². The van der Waals surface area contributed by atoms with E-state index < -0.39 is 29.1 Å². The van der Waals surface area contributed by atoms with Crippen molar-refractivity contribution in [2.45, 2.75) is 24.4 Å². The van der Waals surface area contributed by atoms with Crippen molar-refractivity contribution in [3.05, 3.63) is 112 Å². The largest absolute Gasteiger partial charge is 0.430 e. The van der Waals surface area contributed by atoms with E-state index >= 15 is 0 Å². The summed E-state index contributed by atoms with van der Waals surface area (Å²) in [5, 5.41) is 11.7. The highest BCUT2D eigenvalue weighted by molar-refractivity contribution is 7.13. The van der Waals surface area contributed by atoms with Crippen LogP contribution < -0.4 is 5.56 Å². The van der Waals surface area contributed by atoms with Gasteiger partial charge in [0.1, 0.15) is 5.82 Å². The molecule has 0 amide bonds. The minimum Gasteiger partial charge on any atom is -0.369 e. The molecule has 5 aromatic rings. The van der Waals surface area contributed by atoms with Gasteiger partial charge in [-0.3, -0.25) is 14.3 Å². The average molecular weight is 562 g/mol. The van der Waals surface area contributed by atoms with Crippen LogP contribution in [0.15, 0.2) is 89.2 Å². The molecule has 39 heavy (non-hydrogen) atoms. The molecule has 5 rings (SSSR count). The van der Waals surface area contributed by atoms with Gasteiger partial charge in [0.15, 0.2) is 0 Å². The Labute approximate surface area is 220 Å². The lowest BCUT2D eigenvalue weighted by Gasteiger charge is -2.32. The number of halogens is 6. The van der Waals surface area contributed by atoms with Crippen LogP contribution in [0, 0.1) is 0 Å². The predicted octanol–water partition coefficient (Wildman–Crippen LogP) is 6.41. The minimum absolute atomic E-state index is 0.0229. The summed E-state index contributed by atoms with van der Waals surface area (Å²) in [6, 6.07) is 16.9. The number of alkyl halides is 6. The first-order chi connectivity index (χ1) is 18.4. The van der Waals surface area contributed by atoms with Crippen molar-refractivity contribution in [2.24, 2.45) is 0 Å². The van der Waals surface area contributed by atoms with E-state index in [2.05, 4.69) is 9.97 Å². The number of rotatable bonds is 5. The minimum atomic E-state index is -6.03. The standard InChI is InChI=1S/C27H17F6N3O2S/c28-26(29,30)25(38,27(31,32)33)17-8-10-18(11-9-17)36-23(13-16-5-2-1-3-6-16)35-21-15-34-20(14-19(21)24(36)37)22-7-4-12-39-22/h1-12,14-15,38H,13H2. The number of thiophene rings is 1. The van der Waals surface area contributed by atoms with Crippen LogP contribution in [0.5, 0.6) is 0 Å². The zero-order valence-corrected chi connectivity index (χ0v) is 20.5. The maximum atomic E-state index is 13.8. The van der Waals surface area contributed by atoms with E-state index in [9.17, 15) is 36.2 Å². The van der Waals surface area contributed by atoms with Gasteiger partial charge in [-0.25, -0.2) is 4.98 Å². The maximum Gasteiger partial charge on any atom is 0.430 e. The van der Waals surface area contributed by atoms with Gasteiger partial charge in [0.2, 0.25) is 0 Å². The number of nitrogens with zero attached hydrogens (tertiary/aromatic N) is 3. The monoisotopic (exact) mass is 561 g/mol. The van der Waals surface area contributed by atoms with Gasteiger partial charge in [-0.1, -0.05) is 48.5 Å². The van der Waals surface area contributed by atoms with Crippen molar-refractivity contribution in [1.82, 2.24) is 14.5 Å². The molecule has 2 aromatic carbocycles. The van der Waals surface area contributed by atoms with Gasteiger partial charge in [-0.2, -0.15) is 26.3 Å². The Bertz CT molecular complexity index is 1670. The topological polar surface area (TPSA) is 68.0 Å². The second-order valence-electron chi connectivity index (χ2n) is 8.65. The molecule has 0 aliphatic rings. The molecule has 0 fully saturated rings. The second kappa shape index (κ2) is 9.62. The number of aliphatic hydroxyl groups is 1. The number of hydrogen-bond acceptors (Lipinski definition) is 5. The molecule has 3 aromatic heterocycles. The van der Waals surface area contributed by atoms with Crippen LogP contribution >= 0.6 is 11.3 Å². The van der Waals surface area contributed by atoms with Gasteiger partial charge in [0.05, 0.1) is 33.4 Å². The maximum absolute atomic E-state index is 13.8. The Hall–Kier alpha value is -4.03. The highest BCUT2D eigenvalue weighted by Crippen LogP contribution is 2.50. The lowest BCUT2D eigenvalue weighted by Crippen LogP contribution is -2.53. The van der Waals surface area contributed by atoms with Gasteiger partial charge in [-0.15, -0.1) is 11.3 Å². The van der Waals surface area contributed by atoms with Gasteiger partial charge in [-0.05, 0) is 35.2 Å². The Balaban J connectivity index is 1.70. The molecule has 5 nitrogen and oxygen atoms in total. The van der Waals surface area contributed by atoms with E-state index in [4.69, 9.17) is 0 Å². The lowest BCUT2D eigenvalue weighted by molar-refractivity contribution is -0.376. The summed E-state index contributed by atoms with van der Waals surface area (Å²) in [7, 11) is 0. The molecular weight excluding hydrogens is 544 g/mol. The van der Waals surface area contributed by atoms with Crippen molar-refractivity contribution in [3.63, 3.8) is 0 Å². The smallest absolute Gasteiger partial charge is 0.369 e. The van der Waals surface area contributed by atoms with Crippen LogP contribution in [0.2, 0.25) is 0 Å². The lowest BCUT2D eigenvalue weighted by atomic mass is 9.92. The summed E-state index contributed by atoms with van der Waals surface area (Å²) < 4.78 is 81.3. The number of aromatic nitrogens is 3. The molecule has 0 saturated carbocycles. The highest BCUT2D eigenvalue weighted by atomic mass is 32.1. The quantitative estimate of drug-likeness (QED) is 0.252. The zero-order valence-electron chi connectivity index (χ0n) is 19.7. The van der Waals surface area contributed by atoms with Crippen LogP contribution in [-0.2, 0) is 12.0 Å². The van der Waals surface area contributed by atoms with E-state index in [1.165, 1.54) is 17.5 Å². The normalized spacial score (nSPS) is 12.7. The average Bonchev–Trinajstić information content (AvgIpc) is 3.43. The summed E-state index contributed by atoms with van der Waals surface area (Å²) in [5.41, 5.74) is -5.56. The zero-order chi connectivity index (χ0) is 28.0. The van der Waals surface area contributed by atoms with E-state index in [-0.39, 0.29) is 28.8 Å². The molecule has 0 aliphatic heterocycles. The number of fused-ring (bicyclic) bond motifs is 1. The summed E-state index contributed by atoms with van der Waals surface area (Å²) in [4.78, 5) is 23.5. The molecule has 0 saturated heterocycles. The fourth-order valence-corrected chi connectivity index (χ4v) is 4.89. The number of benzene rings is 2. The molecule has 0 atom stereocenters. The van der Waals surface area contributed by atoms with Crippen LogP contribution in [0.3, 0.4) is 0 Å². The summed E-state index contributed by atoms with van der Waals surface area (Å²) in [6.45, 7) is 0. The predicted molar refractivity (Wildman–Crippen MR) is 134 cm³/mol. The third kappa shape index (κ3) is 4.70. The summed E-state index contributed by atoms with van der Waals surface area (Å²) >= 11 is 1.40. The number of pyridine rings is 1. The Kier molecular flexibility index (Phi) is 6.55. The summed E-state index contributed by atoms with van der Waals surface area (Å²) in [6.07, 6.45) is -10.5. The van der Waals surface area contributed by atoms with Gasteiger partial charge < -0.3 is 5.11 Å². The first kappa shape index (κ1) is 26.6. The van der Waals surface area contributed by atoms with Gasteiger partial charge in [0, 0.05) is 12.0 Å². The van der Waals surface area contributed by atoms with Crippen molar-refractivity contribution < 1.29 is 31.4 Å². The van der Waals surface area contributed by atoms with Gasteiger partial charge in [0.25, 0.3) is 11.2 Å². The van der Waals surface area contributed by atoms with E-state index in [1.54, 1.807) is 36.4 Å². The molecule has 0 spiro atoms. The third-order valence-electron chi connectivity index (χ3n) is 6.17. The van der Waals surface area contributed by atoms with Crippen LogP contribution in [-0.4, -0.2) is 32.0 Å². The fraction of sp³-hybridized carbons (Fsp3) is 0.148. The molecule has 0 unspecified atom stereocenters. The van der Waals surface area contributed by atoms with Crippen LogP contribution in [0.1, 0.15) is 17.0 Å². The molecule has 3 heterocycles. The van der Waals surface area contributed by atoms with E-state index in [1.807, 2.05) is 17.5 Å². The molecule has 200 valence electrons.